The van der Waals surface area contributed by atoms with E-state index in [1.54, 1.807) is 41.7 Å². The molecule has 1 saturated heterocycles. The van der Waals surface area contributed by atoms with Crippen LogP contribution in [0.3, 0.4) is 0 Å². The van der Waals surface area contributed by atoms with Gasteiger partial charge in [-0.1, -0.05) is 30.3 Å². The SMILES string of the molecule is COC(=O)C(CCSC)NC(=O)c1ccc(NC(=O)[C@@H]2CSCN2)cc1-c1ccccc1. The third-order valence-corrected chi connectivity index (χ3v) is 6.63. The molecule has 0 bridgehead atoms. The summed E-state index contributed by atoms with van der Waals surface area (Å²) in [6.45, 7) is 0. The fourth-order valence-corrected chi connectivity index (χ4v) is 4.75. The minimum Gasteiger partial charge on any atom is -0.467 e. The van der Waals surface area contributed by atoms with Crippen LogP contribution < -0.4 is 16.0 Å². The van der Waals surface area contributed by atoms with Crippen molar-refractivity contribution in [1.82, 2.24) is 10.6 Å². The molecule has 3 rings (SSSR count). The zero-order valence-electron chi connectivity index (χ0n) is 18.1. The maximum absolute atomic E-state index is 13.1. The van der Waals surface area contributed by atoms with E-state index in [0.717, 1.165) is 17.2 Å². The highest BCUT2D eigenvalue weighted by molar-refractivity contribution is 7.99. The number of anilines is 1. The molecule has 0 saturated carbocycles. The number of nitrogens with one attached hydrogen (secondary N) is 3. The Morgan fingerprint density at radius 3 is 2.66 bits per heavy atom. The van der Waals surface area contributed by atoms with Crippen LogP contribution in [0.1, 0.15) is 16.8 Å². The lowest BCUT2D eigenvalue weighted by Crippen LogP contribution is -2.42. The van der Waals surface area contributed by atoms with Gasteiger partial charge in [-0.05, 0) is 47.8 Å². The van der Waals surface area contributed by atoms with Crippen molar-refractivity contribution in [3.63, 3.8) is 0 Å². The van der Waals surface area contributed by atoms with Gasteiger partial charge in [0.1, 0.15) is 6.04 Å². The smallest absolute Gasteiger partial charge is 0.328 e. The molecule has 2 aromatic carbocycles. The van der Waals surface area contributed by atoms with Gasteiger partial charge in [0.2, 0.25) is 5.91 Å². The number of methoxy groups -OCH3 is 1. The molecule has 1 heterocycles. The van der Waals surface area contributed by atoms with Gasteiger partial charge in [0.25, 0.3) is 5.91 Å². The van der Waals surface area contributed by atoms with Crippen molar-refractivity contribution in [1.29, 1.82) is 0 Å². The molecule has 0 aliphatic carbocycles. The van der Waals surface area contributed by atoms with Gasteiger partial charge in [-0.3, -0.25) is 14.9 Å². The average Bonchev–Trinajstić information content (AvgIpc) is 3.37. The van der Waals surface area contributed by atoms with Crippen LogP contribution in [0.2, 0.25) is 0 Å². The molecule has 1 aliphatic rings. The number of benzene rings is 2. The van der Waals surface area contributed by atoms with E-state index in [-0.39, 0.29) is 17.9 Å². The molecular formula is C23H27N3O4S2. The first-order valence-corrected chi connectivity index (χ1v) is 12.8. The summed E-state index contributed by atoms with van der Waals surface area (Å²) in [6, 6.07) is 13.7. The van der Waals surface area contributed by atoms with E-state index in [0.29, 0.717) is 29.0 Å². The van der Waals surface area contributed by atoms with Crippen molar-refractivity contribution in [2.75, 3.05) is 36.1 Å². The molecule has 170 valence electrons. The summed E-state index contributed by atoms with van der Waals surface area (Å²) in [7, 11) is 1.31. The molecule has 7 nitrogen and oxygen atoms in total. The van der Waals surface area contributed by atoms with Crippen molar-refractivity contribution in [3.8, 4) is 11.1 Å². The summed E-state index contributed by atoms with van der Waals surface area (Å²) < 4.78 is 4.85. The first-order chi connectivity index (χ1) is 15.5. The van der Waals surface area contributed by atoms with Gasteiger partial charge in [0, 0.05) is 22.9 Å². The van der Waals surface area contributed by atoms with Gasteiger partial charge in [-0.2, -0.15) is 11.8 Å². The molecular weight excluding hydrogens is 446 g/mol. The van der Waals surface area contributed by atoms with Crippen molar-refractivity contribution in [3.05, 3.63) is 54.1 Å². The van der Waals surface area contributed by atoms with Gasteiger partial charge in [-0.15, -0.1) is 11.8 Å². The Hall–Kier alpha value is -2.49. The van der Waals surface area contributed by atoms with E-state index in [2.05, 4.69) is 16.0 Å². The lowest BCUT2D eigenvalue weighted by molar-refractivity contribution is -0.142. The first kappa shape index (κ1) is 24.2. The fraction of sp³-hybridized carbons (Fsp3) is 0.348. The molecule has 32 heavy (non-hydrogen) atoms. The van der Waals surface area contributed by atoms with Crippen LogP contribution in [0.5, 0.6) is 0 Å². The fourth-order valence-electron chi connectivity index (χ4n) is 3.33. The summed E-state index contributed by atoms with van der Waals surface area (Å²) in [5.74, 6) is 1.25. The molecule has 1 fully saturated rings. The lowest BCUT2D eigenvalue weighted by Gasteiger charge is -2.18. The van der Waals surface area contributed by atoms with E-state index in [1.807, 2.05) is 36.6 Å². The largest absolute Gasteiger partial charge is 0.467 e. The zero-order valence-corrected chi connectivity index (χ0v) is 19.7. The minimum atomic E-state index is -0.728. The number of carbonyl (C=O) groups excluding carboxylic acids is 3. The number of thioether (sulfide) groups is 2. The summed E-state index contributed by atoms with van der Waals surface area (Å²) in [5, 5.41) is 8.89. The number of rotatable bonds is 9. The van der Waals surface area contributed by atoms with Crippen LogP contribution in [-0.4, -0.2) is 60.6 Å². The first-order valence-electron chi connectivity index (χ1n) is 10.2. The molecule has 0 spiro atoms. The topological polar surface area (TPSA) is 96.5 Å². The maximum Gasteiger partial charge on any atom is 0.328 e. The van der Waals surface area contributed by atoms with Crippen LogP contribution in [0.25, 0.3) is 11.1 Å². The number of ether oxygens (including phenoxy) is 1. The normalized spacial score (nSPS) is 16.2. The highest BCUT2D eigenvalue weighted by Gasteiger charge is 2.25. The highest BCUT2D eigenvalue weighted by atomic mass is 32.2. The molecule has 2 atom stereocenters. The monoisotopic (exact) mass is 473 g/mol. The van der Waals surface area contributed by atoms with Crippen molar-refractivity contribution in [2.45, 2.75) is 18.5 Å². The molecule has 3 N–H and O–H groups in total. The van der Waals surface area contributed by atoms with Crippen LogP contribution in [0.4, 0.5) is 5.69 Å². The number of amides is 2. The van der Waals surface area contributed by atoms with Crippen LogP contribution in [0.15, 0.2) is 48.5 Å². The Labute approximate surface area is 196 Å². The highest BCUT2D eigenvalue weighted by Crippen LogP contribution is 2.28. The van der Waals surface area contributed by atoms with Gasteiger partial charge >= 0.3 is 5.97 Å². The molecule has 0 aromatic heterocycles. The Balaban J connectivity index is 1.87. The molecule has 0 radical (unpaired) electrons. The Morgan fingerprint density at radius 2 is 2.00 bits per heavy atom. The second-order valence-corrected chi connectivity index (χ2v) is 9.23. The second-order valence-electron chi connectivity index (χ2n) is 7.22. The van der Waals surface area contributed by atoms with Crippen LogP contribution >= 0.6 is 23.5 Å². The quantitative estimate of drug-likeness (QED) is 0.482. The number of carbonyl (C=O) groups is 3. The van der Waals surface area contributed by atoms with Crippen molar-refractivity contribution in [2.24, 2.45) is 0 Å². The average molecular weight is 474 g/mol. The van der Waals surface area contributed by atoms with E-state index >= 15 is 0 Å². The predicted octanol–water partition coefficient (Wildman–Crippen LogP) is 2.98. The second kappa shape index (κ2) is 11.9. The Bertz CT molecular complexity index is 950. The number of hydrogen-bond acceptors (Lipinski definition) is 7. The van der Waals surface area contributed by atoms with Crippen LogP contribution in [0, 0.1) is 0 Å². The summed E-state index contributed by atoms with van der Waals surface area (Å²) in [5.41, 5.74) is 2.53. The molecule has 1 unspecified atom stereocenters. The van der Waals surface area contributed by atoms with Crippen molar-refractivity contribution < 1.29 is 19.1 Å². The predicted molar refractivity (Wildman–Crippen MR) is 131 cm³/mol. The third-order valence-electron chi connectivity index (χ3n) is 5.05. The molecule has 1 aliphatic heterocycles. The van der Waals surface area contributed by atoms with E-state index in [9.17, 15) is 14.4 Å². The molecule has 2 amide bonds. The number of esters is 1. The van der Waals surface area contributed by atoms with Gasteiger partial charge < -0.3 is 15.4 Å². The summed E-state index contributed by atoms with van der Waals surface area (Å²) in [4.78, 5) is 37.8. The molecule has 2 aromatic rings. The van der Waals surface area contributed by atoms with Gasteiger partial charge in [0.15, 0.2) is 0 Å². The van der Waals surface area contributed by atoms with Gasteiger partial charge in [-0.25, -0.2) is 4.79 Å². The van der Waals surface area contributed by atoms with E-state index in [1.165, 1.54) is 7.11 Å². The standard InChI is InChI=1S/C23H27N3O4S2/c1-30-23(29)19(10-11-31-2)26-21(27)17-9-8-16(25-22(28)20-13-32-14-24-20)12-18(17)15-6-4-3-5-7-15/h3-9,12,19-20,24H,10-11,13-14H2,1-2H3,(H,25,28)(H,26,27)/t19?,20-/m0/s1. The minimum absolute atomic E-state index is 0.103. The maximum atomic E-state index is 13.1. The van der Waals surface area contributed by atoms with Crippen LogP contribution in [-0.2, 0) is 14.3 Å². The Morgan fingerprint density at radius 1 is 1.22 bits per heavy atom. The Kier molecular flexibility index (Phi) is 9.01. The van der Waals surface area contributed by atoms with Crippen molar-refractivity contribution >= 4 is 47.0 Å². The molecule has 9 heteroatoms. The zero-order chi connectivity index (χ0) is 22.9. The lowest BCUT2D eigenvalue weighted by atomic mass is 9.98. The summed E-state index contributed by atoms with van der Waals surface area (Å²) >= 11 is 3.27. The number of hydrogen-bond donors (Lipinski definition) is 3. The van der Waals surface area contributed by atoms with E-state index < -0.39 is 12.0 Å². The summed E-state index contributed by atoms with van der Waals surface area (Å²) in [6.07, 6.45) is 2.41. The van der Waals surface area contributed by atoms with E-state index in [4.69, 9.17) is 4.74 Å². The third kappa shape index (κ3) is 6.27. The van der Waals surface area contributed by atoms with Gasteiger partial charge in [0.05, 0.1) is 13.2 Å².